The smallest absolute Gasteiger partial charge is 0.348 e. The number of hydrogen-bond acceptors (Lipinski definition) is 9. The molecule has 5 rings (SSSR count). The number of rotatable bonds is 3. The second-order valence-electron chi connectivity index (χ2n) is 11.1. The molecular weight excluding hydrogens is 444 g/mol. The van der Waals surface area contributed by atoms with E-state index >= 15 is 0 Å². The standard InChI is InChI=1S/C25H34O9/c1-6-10(2)20(29)34-17-16-12(4)18(27)25(31)22-23(5)13(11(3)7-14(26)19(23)28)8-15(33-21(17)30)24(16,22)9-32-25/h7,10,13-19,22,26-28,31H,4,6,8-9H2,1-3,5H3/t10?,13-,14-,15+,16+,17+,18+,19+,22+,23+,24-,25+/m0/s1. The lowest BCUT2D eigenvalue weighted by Gasteiger charge is -2.67. The minimum Gasteiger partial charge on any atom is -0.459 e. The van der Waals surface area contributed by atoms with Crippen LogP contribution in [0, 0.1) is 34.5 Å². The van der Waals surface area contributed by atoms with Crippen LogP contribution in [-0.4, -0.2) is 75.3 Å². The minimum atomic E-state index is -2.12. The summed E-state index contributed by atoms with van der Waals surface area (Å²) in [6, 6.07) is 0. The zero-order chi connectivity index (χ0) is 25.0. The summed E-state index contributed by atoms with van der Waals surface area (Å²) < 4.78 is 17.5. The summed E-state index contributed by atoms with van der Waals surface area (Å²) >= 11 is 0. The summed E-state index contributed by atoms with van der Waals surface area (Å²) in [7, 11) is 0. The fraction of sp³-hybridized carbons (Fsp3) is 0.760. The number of ether oxygens (including phenoxy) is 3. The van der Waals surface area contributed by atoms with Crippen molar-refractivity contribution >= 4 is 11.9 Å². The first-order valence-electron chi connectivity index (χ1n) is 12.0. The predicted molar refractivity (Wildman–Crippen MR) is 117 cm³/mol. The zero-order valence-electron chi connectivity index (χ0n) is 19.9. The number of hydrogen-bond donors (Lipinski definition) is 4. The van der Waals surface area contributed by atoms with Gasteiger partial charge in [0.05, 0.1) is 30.1 Å². The lowest BCUT2D eigenvalue weighted by atomic mass is 9.38. The summed E-state index contributed by atoms with van der Waals surface area (Å²) in [5.74, 6) is -6.03. The molecule has 1 spiro atoms. The molecule has 0 aromatic rings. The molecule has 2 saturated carbocycles. The first-order valence-corrected chi connectivity index (χ1v) is 12.0. The minimum absolute atomic E-state index is 0.0852. The number of allylic oxidation sites excluding steroid dienone is 1. The van der Waals surface area contributed by atoms with Crippen LogP contribution in [0.25, 0.3) is 0 Å². The molecule has 4 N–H and O–H groups in total. The van der Waals surface area contributed by atoms with Crippen LogP contribution in [-0.2, 0) is 23.8 Å². The Bertz CT molecular complexity index is 975. The van der Waals surface area contributed by atoms with E-state index in [2.05, 4.69) is 6.58 Å². The number of fused-ring (bicyclic) bond motifs is 1. The Morgan fingerprint density at radius 1 is 1.35 bits per heavy atom. The summed E-state index contributed by atoms with van der Waals surface area (Å²) in [4.78, 5) is 25.9. The van der Waals surface area contributed by atoms with Crippen molar-refractivity contribution < 1.29 is 44.2 Å². The van der Waals surface area contributed by atoms with E-state index < -0.39 is 76.8 Å². The van der Waals surface area contributed by atoms with Crippen LogP contribution in [0.1, 0.15) is 40.5 Å². The Morgan fingerprint density at radius 3 is 2.68 bits per heavy atom. The molecule has 188 valence electrons. The monoisotopic (exact) mass is 478 g/mol. The topological polar surface area (TPSA) is 143 Å². The van der Waals surface area contributed by atoms with Gasteiger partial charge < -0.3 is 34.6 Å². The average Bonchev–Trinajstić information content (AvgIpc) is 3.08. The third-order valence-corrected chi connectivity index (χ3v) is 9.64. The van der Waals surface area contributed by atoms with Crippen molar-refractivity contribution in [2.75, 3.05) is 6.61 Å². The summed E-state index contributed by atoms with van der Waals surface area (Å²) in [6.07, 6.45) is -3.70. The van der Waals surface area contributed by atoms with E-state index in [4.69, 9.17) is 14.2 Å². The number of aliphatic hydroxyl groups excluding tert-OH is 3. The number of aliphatic hydroxyl groups is 4. The van der Waals surface area contributed by atoms with E-state index in [9.17, 15) is 30.0 Å². The quantitative estimate of drug-likeness (QED) is 0.336. The Balaban J connectivity index is 1.69. The molecule has 12 atom stereocenters. The van der Waals surface area contributed by atoms with Gasteiger partial charge in [-0.15, -0.1) is 0 Å². The molecule has 5 aliphatic rings. The SMILES string of the molecule is C=C1[C@@H](O)[C@@]2(O)OC[C@@]34[C@H]1[C@@H](OC(=O)C(C)CC)C(=O)O[C@@H]3C[C@H]1C(C)=C[C@H](O)[C@@H](O)[C@]1(C)[C@@H]24. The summed E-state index contributed by atoms with van der Waals surface area (Å²) in [5, 5.41) is 45.0. The van der Waals surface area contributed by atoms with Crippen LogP contribution in [0.2, 0.25) is 0 Å². The van der Waals surface area contributed by atoms with E-state index in [-0.39, 0.29) is 18.1 Å². The first kappa shape index (κ1) is 23.9. The molecule has 0 aromatic heterocycles. The second kappa shape index (κ2) is 7.36. The molecule has 2 heterocycles. The van der Waals surface area contributed by atoms with Crippen LogP contribution < -0.4 is 0 Å². The van der Waals surface area contributed by atoms with Gasteiger partial charge in [-0.1, -0.05) is 39.0 Å². The number of esters is 2. The van der Waals surface area contributed by atoms with Crippen LogP contribution in [0.15, 0.2) is 23.8 Å². The largest absolute Gasteiger partial charge is 0.459 e. The van der Waals surface area contributed by atoms with Crippen LogP contribution in [0.3, 0.4) is 0 Å². The summed E-state index contributed by atoms with van der Waals surface area (Å²) in [5.41, 5.74) is -1.30. The van der Waals surface area contributed by atoms with Gasteiger partial charge in [0.25, 0.3) is 0 Å². The third-order valence-electron chi connectivity index (χ3n) is 9.64. The van der Waals surface area contributed by atoms with Gasteiger partial charge in [0.1, 0.15) is 12.2 Å². The molecule has 0 radical (unpaired) electrons. The molecule has 1 unspecified atom stereocenters. The zero-order valence-corrected chi connectivity index (χ0v) is 19.9. The van der Waals surface area contributed by atoms with Crippen molar-refractivity contribution in [2.24, 2.45) is 34.5 Å². The van der Waals surface area contributed by atoms with E-state index in [0.29, 0.717) is 12.8 Å². The Morgan fingerprint density at radius 2 is 2.03 bits per heavy atom. The van der Waals surface area contributed by atoms with Gasteiger partial charge in [-0.05, 0) is 31.3 Å². The molecule has 9 nitrogen and oxygen atoms in total. The molecule has 3 aliphatic carbocycles. The fourth-order valence-electron chi connectivity index (χ4n) is 7.87. The van der Waals surface area contributed by atoms with Gasteiger partial charge in [0, 0.05) is 17.3 Å². The fourth-order valence-corrected chi connectivity index (χ4v) is 7.87. The number of carbonyl (C=O) groups is 2. The molecule has 2 bridgehead atoms. The number of carbonyl (C=O) groups excluding carboxylic acids is 2. The highest BCUT2D eigenvalue weighted by Crippen LogP contribution is 2.73. The molecule has 0 amide bonds. The maximum Gasteiger partial charge on any atom is 0.348 e. The molecule has 2 saturated heterocycles. The van der Waals surface area contributed by atoms with Crippen LogP contribution in [0.4, 0.5) is 0 Å². The Hall–Kier alpha value is -1.78. The van der Waals surface area contributed by atoms with Gasteiger partial charge in [0.2, 0.25) is 6.10 Å². The van der Waals surface area contributed by atoms with Crippen LogP contribution >= 0.6 is 0 Å². The molecule has 2 aliphatic heterocycles. The van der Waals surface area contributed by atoms with Crippen molar-refractivity contribution in [1.29, 1.82) is 0 Å². The van der Waals surface area contributed by atoms with E-state index in [1.54, 1.807) is 19.9 Å². The molecule has 4 fully saturated rings. The van der Waals surface area contributed by atoms with Gasteiger partial charge in [-0.2, -0.15) is 0 Å². The van der Waals surface area contributed by atoms with Gasteiger partial charge >= 0.3 is 11.9 Å². The van der Waals surface area contributed by atoms with E-state index in [0.717, 1.165) is 5.57 Å². The highest BCUT2D eigenvalue weighted by Gasteiger charge is 2.83. The van der Waals surface area contributed by atoms with Crippen molar-refractivity contribution in [3.05, 3.63) is 23.8 Å². The van der Waals surface area contributed by atoms with Crippen molar-refractivity contribution in [2.45, 2.75) is 76.8 Å². The first-order chi connectivity index (χ1) is 15.8. The van der Waals surface area contributed by atoms with Gasteiger partial charge in [0.15, 0.2) is 5.79 Å². The maximum atomic E-state index is 13.2. The van der Waals surface area contributed by atoms with Crippen molar-refractivity contribution in [1.82, 2.24) is 0 Å². The van der Waals surface area contributed by atoms with Gasteiger partial charge in [-0.25, -0.2) is 4.79 Å². The molecular formula is C25H34O9. The van der Waals surface area contributed by atoms with Crippen molar-refractivity contribution in [3.8, 4) is 0 Å². The normalized spacial score (nSPS) is 52.2. The predicted octanol–water partition coefficient (Wildman–Crippen LogP) is 0.446. The third kappa shape index (κ3) is 2.62. The Kier molecular flexibility index (Phi) is 5.19. The highest BCUT2D eigenvalue weighted by atomic mass is 16.7. The Labute approximate surface area is 198 Å². The van der Waals surface area contributed by atoms with Crippen LogP contribution in [0.5, 0.6) is 0 Å². The summed E-state index contributed by atoms with van der Waals surface area (Å²) in [6.45, 7) is 11.1. The average molecular weight is 479 g/mol. The molecule has 0 aromatic carbocycles. The lowest BCUT2D eigenvalue weighted by Crippen LogP contribution is -2.76. The van der Waals surface area contributed by atoms with Crippen molar-refractivity contribution in [3.63, 3.8) is 0 Å². The molecule has 9 heteroatoms. The maximum absolute atomic E-state index is 13.2. The van der Waals surface area contributed by atoms with Gasteiger partial charge in [-0.3, -0.25) is 4.79 Å². The highest BCUT2D eigenvalue weighted by molar-refractivity contribution is 5.82. The second-order valence-corrected chi connectivity index (χ2v) is 11.1. The van der Waals surface area contributed by atoms with E-state index in [1.165, 1.54) is 0 Å². The lowest BCUT2D eigenvalue weighted by molar-refractivity contribution is -0.318. The molecule has 34 heavy (non-hydrogen) atoms. The van der Waals surface area contributed by atoms with E-state index in [1.807, 2.05) is 13.8 Å².